The predicted molar refractivity (Wildman–Crippen MR) is 72.9 cm³/mol. The molecule has 2 N–H and O–H groups in total. The predicted octanol–water partition coefficient (Wildman–Crippen LogP) is 0.708. The van der Waals surface area contributed by atoms with Gasteiger partial charge in [-0.15, -0.1) is 0 Å². The van der Waals surface area contributed by atoms with Gasteiger partial charge in [0.15, 0.2) is 5.65 Å². The molecular formula is C12H16N6O. The fraction of sp³-hybridized carbons (Fsp3) is 0.333. The fourth-order valence-electron chi connectivity index (χ4n) is 1.47. The van der Waals surface area contributed by atoms with E-state index < -0.39 is 0 Å². The zero-order valence-corrected chi connectivity index (χ0v) is 10.9. The van der Waals surface area contributed by atoms with Crippen LogP contribution < -0.4 is 10.6 Å². The average Bonchev–Trinajstić information content (AvgIpc) is 2.43. The summed E-state index contributed by atoms with van der Waals surface area (Å²) in [5, 5.41) is 5.88. The first-order valence-corrected chi connectivity index (χ1v) is 5.93. The summed E-state index contributed by atoms with van der Waals surface area (Å²) in [7, 11) is 3.40. The van der Waals surface area contributed by atoms with Gasteiger partial charge in [-0.1, -0.05) is 0 Å². The molecule has 2 heterocycles. The van der Waals surface area contributed by atoms with Crippen molar-refractivity contribution < 1.29 is 4.79 Å². The molecular weight excluding hydrogens is 244 g/mol. The Morgan fingerprint density at radius 1 is 1.21 bits per heavy atom. The van der Waals surface area contributed by atoms with E-state index in [0.717, 1.165) is 5.52 Å². The van der Waals surface area contributed by atoms with Crippen molar-refractivity contribution in [1.29, 1.82) is 0 Å². The van der Waals surface area contributed by atoms with E-state index in [1.165, 1.54) is 4.90 Å². The van der Waals surface area contributed by atoms with Gasteiger partial charge in [0, 0.05) is 39.6 Å². The number of urea groups is 1. The molecule has 0 spiro atoms. The number of carbonyl (C=O) groups is 1. The standard InChI is InChI=1S/C12H16N6O/c1-18(2)12(19)16-8-6-14-10-4-3-9-11(17-10)15-7-5-13-9/h3-5,7H,6,8H2,1-2H3,(H,16,19)(H,14,15,17). The van der Waals surface area contributed by atoms with Crippen LogP contribution in [0.4, 0.5) is 10.6 Å². The Labute approximate surface area is 111 Å². The first kappa shape index (κ1) is 13.0. The highest BCUT2D eigenvalue weighted by Gasteiger charge is 2.02. The highest BCUT2D eigenvalue weighted by Crippen LogP contribution is 2.09. The van der Waals surface area contributed by atoms with E-state index in [4.69, 9.17) is 0 Å². The molecule has 2 amide bonds. The number of nitrogens with zero attached hydrogens (tertiary/aromatic N) is 4. The van der Waals surface area contributed by atoms with E-state index >= 15 is 0 Å². The van der Waals surface area contributed by atoms with Gasteiger partial charge in [-0.3, -0.25) is 4.98 Å². The number of anilines is 1. The zero-order chi connectivity index (χ0) is 13.7. The molecule has 0 aromatic carbocycles. The maximum atomic E-state index is 11.3. The molecule has 0 aliphatic heterocycles. The van der Waals surface area contributed by atoms with Crippen LogP contribution in [0, 0.1) is 0 Å². The SMILES string of the molecule is CN(C)C(=O)NCCNc1ccc2nccnc2n1. The van der Waals surface area contributed by atoms with E-state index in [1.807, 2.05) is 12.1 Å². The highest BCUT2D eigenvalue weighted by molar-refractivity contribution is 5.73. The van der Waals surface area contributed by atoms with Gasteiger partial charge >= 0.3 is 6.03 Å². The third-order valence-electron chi connectivity index (χ3n) is 2.45. The number of hydrogen-bond donors (Lipinski definition) is 2. The number of amides is 2. The lowest BCUT2D eigenvalue weighted by Crippen LogP contribution is -2.37. The van der Waals surface area contributed by atoms with Gasteiger partial charge in [-0.25, -0.2) is 14.8 Å². The summed E-state index contributed by atoms with van der Waals surface area (Å²) in [6, 6.07) is 3.58. The van der Waals surface area contributed by atoms with E-state index in [2.05, 4.69) is 25.6 Å². The molecule has 2 aromatic heterocycles. The number of fused-ring (bicyclic) bond motifs is 1. The minimum atomic E-state index is -0.112. The topological polar surface area (TPSA) is 83.0 Å². The van der Waals surface area contributed by atoms with Crippen LogP contribution in [-0.4, -0.2) is 53.1 Å². The molecule has 0 aliphatic rings. The second-order valence-corrected chi connectivity index (χ2v) is 4.15. The van der Waals surface area contributed by atoms with Gasteiger partial charge in [0.2, 0.25) is 0 Å². The van der Waals surface area contributed by atoms with Gasteiger partial charge in [-0.05, 0) is 12.1 Å². The van der Waals surface area contributed by atoms with Crippen LogP contribution in [0.2, 0.25) is 0 Å². The van der Waals surface area contributed by atoms with Crippen molar-refractivity contribution >= 4 is 23.0 Å². The second-order valence-electron chi connectivity index (χ2n) is 4.15. The summed E-state index contributed by atoms with van der Waals surface area (Å²) in [6.45, 7) is 1.12. The molecule has 19 heavy (non-hydrogen) atoms. The van der Waals surface area contributed by atoms with Crippen LogP contribution in [0.3, 0.4) is 0 Å². The maximum absolute atomic E-state index is 11.3. The van der Waals surface area contributed by atoms with E-state index in [9.17, 15) is 4.79 Å². The van der Waals surface area contributed by atoms with E-state index in [1.54, 1.807) is 26.5 Å². The van der Waals surface area contributed by atoms with Gasteiger partial charge in [0.05, 0.1) is 0 Å². The molecule has 2 rings (SSSR count). The van der Waals surface area contributed by atoms with Crippen molar-refractivity contribution in [2.75, 3.05) is 32.5 Å². The Balaban J connectivity index is 1.86. The summed E-state index contributed by atoms with van der Waals surface area (Å²) in [5.41, 5.74) is 1.36. The molecule has 0 bridgehead atoms. The van der Waals surface area contributed by atoms with Crippen LogP contribution in [-0.2, 0) is 0 Å². The van der Waals surface area contributed by atoms with Gasteiger partial charge in [0.1, 0.15) is 11.3 Å². The summed E-state index contributed by atoms with van der Waals surface area (Å²) >= 11 is 0. The molecule has 0 atom stereocenters. The average molecular weight is 260 g/mol. The van der Waals surface area contributed by atoms with Crippen molar-refractivity contribution in [2.45, 2.75) is 0 Å². The quantitative estimate of drug-likeness (QED) is 0.791. The van der Waals surface area contributed by atoms with Crippen molar-refractivity contribution in [3.8, 4) is 0 Å². The third-order valence-corrected chi connectivity index (χ3v) is 2.45. The molecule has 0 fully saturated rings. The fourth-order valence-corrected chi connectivity index (χ4v) is 1.47. The van der Waals surface area contributed by atoms with Gasteiger partial charge < -0.3 is 15.5 Å². The first-order chi connectivity index (χ1) is 9.16. The van der Waals surface area contributed by atoms with E-state index in [0.29, 0.717) is 24.6 Å². The Hall–Kier alpha value is -2.44. The lowest BCUT2D eigenvalue weighted by atomic mass is 10.4. The molecule has 0 unspecified atom stereocenters. The number of hydrogen-bond acceptors (Lipinski definition) is 5. The lowest BCUT2D eigenvalue weighted by Gasteiger charge is -2.12. The lowest BCUT2D eigenvalue weighted by molar-refractivity contribution is 0.218. The number of nitrogens with one attached hydrogen (secondary N) is 2. The normalized spacial score (nSPS) is 10.2. The molecule has 2 aromatic rings. The highest BCUT2D eigenvalue weighted by atomic mass is 16.2. The molecule has 0 saturated carbocycles. The van der Waals surface area contributed by atoms with Crippen molar-refractivity contribution in [3.63, 3.8) is 0 Å². The number of pyridine rings is 1. The van der Waals surface area contributed by atoms with Crippen LogP contribution >= 0.6 is 0 Å². The monoisotopic (exact) mass is 260 g/mol. The summed E-state index contributed by atoms with van der Waals surface area (Å²) < 4.78 is 0. The Morgan fingerprint density at radius 2 is 2.00 bits per heavy atom. The van der Waals surface area contributed by atoms with Crippen LogP contribution in [0.1, 0.15) is 0 Å². The summed E-state index contributed by atoms with van der Waals surface area (Å²) in [4.78, 5) is 25.4. The largest absolute Gasteiger partial charge is 0.368 e. The molecule has 0 aliphatic carbocycles. The molecule has 7 nitrogen and oxygen atoms in total. The molecule has 7 heteroatoms. The smallest absolute Gasteiger partial charge is 0.316 e. The number of aromatic nitrogens is 3. The zero-order valence-electron chi connectivity index (χ0n) is 10.9. The number of rotatable bonds is 4. The van der Waals surface area contributed by atoms with Crippen molar-refractivity contribution in [2.24, 2.45) is 0 Å². The maximum Gasteiger partial charge on any atom is 0.316 e. The first-order valence-electron chi connectivity index (χ1n) is 5.93. The number of carbonyl (C=O) groups excluding carboxylic acids is 1. The van der Waals surface area contributed by atoms with Crippen molar-refractivity contribution in [1.82, 2.24) is 25.2 Å². The molecule has 0 saturated heterocycles. The van der Waals surface area contributed by atoms with Gasteiger partial charge in [0.25, 0.3) is 0 Å². The summed E-state index contributed by atoms with van der Waals surface area (Å²) in [6.07, 6.45) is 3.24. The minimum Gasteiger partial charge on any atom is -0.368 e. The third kappa shape index (κ3) is 3.51. The Morgan fingerprint density at radius 3 is 2.79 bits per heavy atom. The Kier molecular flexibility index (Phi) is 4.07. The van der Waals surface area contributed by atoms with Crippen LogP contribution in [0.15, 0.2) is 24.5 Å². The summed E-state index contributed by atoms with van der Waals surface area (Å²) in [5.74, 6) is 0.715. The van der Waals surface area contributed by atoms with Gasteiger partial charge in [-0.2, -0.15) is 0 Å². The van der Waals surface area contributed by atoms with E-state index in [-0.39, 0.29) is 6.03 Å². The van der Waals surface area contributed by atoms with Crippen LogP contribution in [0.25, 0.3) is 11.2 Å². The Bertz CT molecular complexity index is 571. The molecule has 100 valence electrons. The second kappa shape index (κ2) is 5.94. The molecule has 0 radical (unpaired) electrons. The minimum absolute atomic E-state index is 0.112. The van der Waals surface area contributed by atoms with Crippen molar-refractivity contribution in [3.05, 3.63) is 24.5 Å². The van der Waals surface area contributed by atoms with Crippen LogP contribution in [0.5, 0.6) is 0 Å².